The van der Waals surface area contributed by atoms with E-state index in [1.807, 2.05) is 13.8 Å². The highest BCUT2D eigenvalue weighted by atomic mass is 19.4. The third-order valence-electron chi connectivity index (χ3n) is 3.68. The lowest BCUT2D eigenvalue weighted by Gasteiger charge is -2.25. The Kier molecular flexibility index (Phi) is 5.71. The van der Waals surface area contributed by atoms with Gasteiger partial charge in [-0.3, -0.25) is 0 Å². The number of para-hydroxylation sites is 2. The molecule has 0 radical (unpaired) electrons. The Labute approximate surface area is 144 Å². The highest BCUT2D eigenvalue weighted by Gasteiger charge is 2.37. The first-order valence-electron chi connectivity index (χ1n) is 7.75. The zero-order chi connectivity index (χ0) is 18.6. The molecule has 0 fully saturated rings. The zero-order valence-corrected chi connectivity index (χ0v) is 14.5. The summed E-state index contributed by atoms with van der Waals surface area (Å²) in [5, 5.41) is 0. The van der Waals surface area contributed by atoms with Crippen molar-refractivity contribution in [1.29, 1.82) is 0 Å². The van der Waals surface area contributed by atoms with Crippen LogP contribution in [0.15, 0.2) is 30.5 Å². The molecule has 1 unspecified atom stereocenters. The van der Waals surface area contributed by atoms with Gasteiger partial charge in [-0.05, 0) is 25.5 Å². The SMILES string of the molecule is CCC(C)Oc1ccccc1N(C)c1nc(OC)ncc1C(F)(F)F. The van der Waals surface area contributed by atoms with E-state index in [9.17, 15) is 13.2 Å². The van der Waals surface area contributed by atoms with E-state index in [1.54, 1.807) is 24.3 Å². The fraction of sp³-hybridized carbons (Fsp3) is 0.412. The second-order valence-corrected chi connectivity index (χ2v) is 5.46. The Hall–Kier alpha value is -2.51. The fourth-order valence-electron chi connectivity index (χ4n) is 2.16. The number of ether oxygens (including phenoxy) is 2. The number of nitrogens with zero attached hydrogens (tertiary/aromatic N) is 3. The van der Waals surface area contributed by atoms with E-state index in [2.05, 4.69) is 9.97 Å². The minimum Gasteiger partial charge on any atom is -0.489 e. The molecule has 1 atom stereocenters. The number of alkyl halides is 3. The van der Waals surface area contributed by atoms with Crippen LogP contribution < -0.4 is 14.4 Å². The van der Waals surface area contributed by atoms with Crippen LogP contribution >= 0.6 is 0 Å². The van der Waals surface area contributed by atoms with Crippen molar-refractivity contribution in [2.24, 2.45) is 0 Å². The van der Waals surface area contributed by atoms with Gasteiger partial charge in [0.2, 0.25) is 0 Å². The summed E-state index contributed by atoms with van der Waals surface area (Å²) in [7, 11) is 2.79. The molecule has 0 N–H and O–H groups in total. The molecule has 0 spiro atoms. The molecule has 8 heteroatoms. The van der Waals surface area contributed by atoms with Crippen molar-refractivity contribution in [3.05, 3.63) is 36.0 Å². The fourth-order valence-corrected chi connectivity index (χ4v) is 2.16. The van der Waals surface area contributed by atoms with Gasteiger partial charge < -0.3 is 14.4 Å². The Morgan fingerprint density at radius 3 is 2.52 bits per heavy atom. The number of halogens is 3. The Morgan fingerprint density at radius 1 is 1.24 bits per heavy atom. The average Bonchev–Trinajstić information content (AvgIpc) is 2.60. The molecule has 136 valence electrons. The van der Waals surface area contributed by atoms with E-state index in [0.29, 0.717) is 11.4 Å². The van der Waals surface area contributed by atoms with E-state index < -0.39 is 11.7 Å². The van der Waals surface area contributed by atoms with E-state index in [0.717, 1.165) is 12.6 Å². The molecule has 1 heterocycles. The molecule has 0 aliphatic rings. The normalized spacial score (nSPS) is 12.6. The number of hydrogen-bond acceptors (Lipinski definition) is 5. The lowest BCUT2D eigenvalue weighted by molar-refractivity contribution is -0.137. The lowest BCUT2D eigenvalue weighted by Crippen LogP contribution is -2.20. The maximum atomic E-state index is 13.3. The molecule has 0 saturated carbocycles. The van der Waals surface area contributed by atoms with Gasteiger partial charge in [-0.2, -0.15) is 18.2 Å². The number of aromatic nitrogens is 2. The van der Waals surface area contributed by atoms with Crippen LogP contribution in [0.4, 0.5) is 24.7 Å². The van der Waals surface area contributed by atoms with E-state index >= 15 is 0 Å². The summed E-state index contributed by atoms with van der Waals surface area (Å²) in [6.45, 7) is 3.86. The zero-order valence-electron chi connectivity index (χ0n) is 14.5. The van der Waals surface area contributed by atoms with Crippen LogP contribution in [0.2, 0.25) is 0 Å². The molecule has 2 aromatic rings. The molecule has 0 aliphatic carbocycles. The average molecular weight is 355 g/mol. The molecule has 5 nitrogen and oxygen atoms in total. The van der Waals surface area contributed by atoms with Crippen LogP contribution in [0.25, 0.3) is 0 Å². The topological polar surface area (TPSA) is 47.5 Å². The number of anilines is 2. The van der Waals surface area contributed by atoms with E-state index in [-0.39, 0.29) is 17.9 Å². The summed E-state index contributed by atoms with van der Waals surface area (Å²) in [5.41, 5.74) is -0.483. The number of benzene rings is 1. The van der Waals surface area contributed by atoms with E-state index in [1.165, 1.54) is 19.1 Å². The molecule has 1 aromatic carbocycles. The van der Waals surface area contributed by atoms with Gasteiger partial charge >= 0.3 is 12.2 Å². The highest BCUT2D eigenvalue weighted by Crippen LogP contribution is 2.40. The predicted octanol–water partition coefficient (Wildman–Crippen LogP) is 4.45. The van der Waals surface area contributed by atoms with Crippen molar-refractivity contribution in [2.75, 3.05) is 19.1 Å². The summed E-state index contributed by atoms with van der Waals surface area (Å²) in [6.07, 6.45) is -3.18. The maximum absolute atomic E-state index is 13.3. The van der Waals surface area contributed by atoms with Crippen LogP contribution in [0.5, 0.6) is 11.8 Å². The second kappa shape index (κ2) is 7.58. The molecular weight excluding hydrogens is 335 g/mol. The number of hydrogen-bond donors (Lipinski definition) is 0. The number of rotatable bonds is 6. The van der Waals surface area contributed by atoms with Gasteiger partial charge in [-0.1, -0.05) is 19.1 Å². The van der Waals surface area contributed by atoms with Gasteiger partial charge in [0.1, 0.15) is 11.3 Å². The lowest BCUT2D eigenvalue weighted by atomic mass is 10.2. The van der Waals surface area contributed by atoms with Crippen molar-refractivity contribution in [3.63, 3.8) is 0 Å². The molecule has 0 amide bonds. The van der Waals surface area contributed by atoms with Crippen LogP contribution in [-0.4, -0.2) is 30.2 Å². The van der Waals surface area contributed by atoms with Crippen molar-refractivity contribution < 1.29 is 22.6 Å². The van der Waals surface area contributed by atoms with Crippen molar-refractivity contribution in [3.8, 4) is 11.8 Å². The van der Waals surface area contributed by atoms with Crippen molar-refractivity contribution >= 4 is 11.5 Å². The summed E-state index contributed by atoms with van der Waals surface area (Å²) in [6, 6.07) is 6.73. The molecule has 0 aliphatic heterocycles. The smallest absolute Gasteiger partial charge is 0.421 e. The van der Waals surface area contributed by atoms with Gasteiger partial charge in [0, 0.05) is 13.2 Å². The molecule has 1 aromatic heterocycles. The van der Waals surface area contributed by atoms with Gasteiger partial charge in [0.25, 0.3) is 0 Å². The summed E-state index contributed by atoms with van der Waals surface area (Å²) in [5.74, 6) is 0.171. The third kappa shape index (κ3) is 4.32. The Morgan fingerprint density at radius 2 is 1.92 bits per heavy atom. The maximum Gasteiger partial charge on any atom is 0.421 e. The highest BCUT2D eigenvalue weighted by molar-refractivity contribution is 5.68. The summed E-state index contributed by atoms with van der Waals surface area (Å²) in [4.78, 5) is 8.79. The summed E-state index contributed by atoms with van der Waals surface area (Å²) >= 11 is 0. The van der Waals surface area contributed by atoms with Gasteiger partial charge in [-0.15, -0.1) is 0 Å². The third-order valence-corrected chi connectivity index (χ3v) is 3.68. The first-order valence-corrected chi connectivity index (χ1v) is 7.75. The van der Waals surface area contributed by atoms with Crippen molar-refractivity contribution in [2.45, 2.75) is 32.5 Å². The van der Waals surface area contributed by atoms with E-state index in [4.69, 9.17) is 9.47 Å². The summed E-state index contributed by atoms with van der Waals surface area (Å²) < 4.78 is 50.7. The monoisotopic (exact) mass is 355 g/mol. The van der Waals surface area contributed by atoms with Gasteiger partial charge in [0.05, 0.1) is 18.9 Å². The second-order valence-electron chi connectivity index (χ2n) is 5.46. The van der Waals surface area contributed by atoms with Crippen LogP contribution in [0.3, 0.4) is 0 Å². The standard InChI is InChI=1S/C17H20F3N3O2/c1-5-11(2)25-14-9-7-6-8-13(14)23(3)15-12(17(18,19)20)10-21-16(22-15)24-4/h6-11H,5H2,1-4H3. The first-order chi connectivity index (χ1) is 11.8. The molecule has 0 bridgehead atoms. The van der Waals surface area contributed by atoms with Gasteiger partial charge in [0.15, 0.2) is 5.82 Å². The van der Waals surface area contributed by atoms with Crippen LogP contribution in [-0.2, 0) is 6.18 Å². The predicted molar refractivity (Wildman–Crippen MR) is 88.5 cm³/mol. The van der Waals surface area contributed by atoms with Crippen molar-refractivity contribution in [1.82, 2.24) is 9.97 Å². The van der Waals surface area contributed by atoms with Gasteiger partial charge in [-0.25, -0.2) is 4.98 Å². The Balaban J connectivity index is 2.52. The quantitative estimate of drug-likeness (QED) is 0.766. The minimum atomic E-state index is -4.59. The molecule has 25 heavy (non-hydrogen) atoms. The Bertz CT molecular complexity index is 723. The van der Waals surface area contributed by atoms with Crippen LogP contribution in [0, 0.1) is 0 Å². The number of methoxy groups -OCH3 is 1. The minimum absolute atomic E-state index is 0.0726. The first kappa shape index (κ1) is 18.8. The largest absolute Gasteiger partial charge is 0.489 e. The molecule has 2 rings (SSSR count). The molecule has 0 saturated heterocycles. The molecular formula is C17H20F3N3O2. The van der Waals surface area contributed by atoms with Crippen LogP contribution in [0.1, 0.15) is 25.8 Å².